The summed E-state index contributed by atoms with van der Waals surface area (Å²) in [5.74, 6) is 2.42. The Labute approximate surface area is 202 Å². The van der Waals surface area contributed by atoms with E-state index in [4.69, 9.17) is 4.74 Å². The quantitative estimate of drug-likeness (QED) is 0.450. The van der Waals surface area contributed by atoms with Crippen LogP contribution in [0.25, 0.3) is 0 Å². The van der Waals surface area contributed by atoms with Crippen LogP contribution in [0.5, 0.6) is 0 Å². The van der Waals surface area contributed by atoms with E-state index in [1.807, 2.05) is 0 Å². The van der Waals surface area contributed by atoms with Crippen molar-refractivity contribution in [3.8, 4) is 0 Å². The van der Waals surface area contributed by atoms with E-state index in [-0.39, 0.29) is 39.0 Å². The monoisotopic (exact) mass is 458 g/mol. The molecule has 1 aliphatic heterocycles. The molecule has 3 heteroatoms. The lowest BCUT2D eigenvalue weighted by molar-refractivity contribution is -0.200. The summed E-state index contributed by atoms with van der Waals surface area (Å²) in [7, 11) is 0. The lowest BCUT2D eigenvalue weighted by Gasteiger charge is -2.69. The highest BCUT2D eigenvalue weighted by Crippen LogP contribution is 2.85. The van der Waals surface area contributed by atoms with Gasteiger partial charge in [0.05, 0.1) is 6.10 Å². The summed E-state index contributed by atoms with van der Waals surface area (Å²) in [6, 6.07) is 0. The van der Waals surface area contributed by atoms with E-state index < -0.39 is 0 Å². The Morgan fingerprint density at radius 1 is 0.636 bits per heavy atom. The first-order valence-corrected chi connectivity index (χ1v) is 14.3. The zero-order valence-corrected chi connectivity index (χ0v) is 22.5. The normalized spacial score (nSPS) is 60.5. The van der Waals surface area contributed by atoms with Gasteiger partial charge in [-0.1, -0.05) is 48.5 Å². The van der Waals surface area contributed by atoms with Crippen molar-refractivity contribution in [3.63, 3.8) is 0 Å². The van der Waals surface area contributed by atoms with Crippen molar-refractivity contribution in [1.82, 2.24) is 0 Å². The summed E-state index contributed by atoms with van der Waals surface area (Å²) >= 11 is 0. The standard InChI is InChI=1S/C30H50O3/c1-24(2)19(18-31)8-13-26(5)20(24)9-14-28(7)22(26)11-17-29-27(6)15-12-23(32)25(3,4)21(27)10-16-30(28,29)33-29/h19-23,31-32H,8-18H2,1-7H3/t19-,20?,21+,22?,23-,26+,27+,28-,29-,30-/m1/s1. The van der Waals surface area contributed by atoms with Crippen LogP contribution in [-0.2, 0) is 4.74 Å². The lowest BCUT2D eigenvalue weighted by Crippen LogP contribution is -2.68. The van der Waals surface area contributed by atoms with E-state index in [0.717, 1.165) is 18.8 Å². The minimum atomic E-state index is -0.177. The van der Waals surface area contributed by atoms with Gasteiger partial charge in [-0.05, 0) is 104 Å². The number of aliphatic hydroxyl groups excluding tert-OH is 2. The Kier molecular flexibility index (Phi) is 4.52. The number of aliphatic hydroxyl groups is 2. The highest BCUT2D eigenvalue weighted by atomic mass is 16.6. The first-order chi connectivity index (χ1) is 15.3. The molecule has 0 aromatic heterocycles. The van der Waals surface area contributed by atoms with Crippen molar-refractivity contribution in [2.24, 2.45) is 50.7 Å². The smallest absolute Gasteiger partial charge is 0.104 e. The van der Waals surface area contributed by atoms with E-state index in [1.165, 1.54) is 51.4 Å². The third-order valence-corrected chi connectivity index (χ3v) is 14.4. The first-order valence-electron chi connectivity index (χ1n) is 14.3. The molecule has 0 aromatic rings. The molecule has 1 saturated heterocycles. The largest absolute Gasteiger partial charge is 0.396 e. The summed E-state index contributed by atoms with van der Waals surface area (Å²) in [5, 5.41) is 21.1. The maximum atomic E-state index is 10.9. The van der Waals surface area contributed by atoms with Crippen molar-refractivity contribution in [2.75, 3.05) is 6.61 Å². The molecule has 33 heavy (non-hydrogen) atoms. The average molecular weight is 459 g/mol. The summed E-state index contributed by atoms with van der Waals surface area (Å²) in [6.07, 6.45) is 11.8. The van der Waals surface area contributed by atoms with Crippen LogP contribution in [0.3, 0.4) is 0 Å². The number of hydrogen-bond donors (Lipinski definition) is 2. The Hall–Kier alpha value is -0.120. The van der Waals surface area contributed by atoms with Crippen molar-refractivity contribution in [1.29, 1.82) is 0 Å². The molecular formula is C30H50O3. The zero-order valence-electron chi connectivity index (χ0n) is 22.5. The van der Waals surface area contributed by atoms with Gasteiger partial charge in [0.15, 0.2) is 0 Å². The molecule has 6 fully saturated rings. The molecular weight excluding hydrogens is 408 g/mol. The number of rotatable bonds is 1. The maximum absolute atomic E-state index is 10.9. The fourth-order valence-electron chi connectivity index (χ4n) is 12.5. The van der Waals surface area contributed by atoms with Crippen LogP contribution in [-0.4, -0.2) is 34.1 Å². The van der Waals surface area contributed by atoms with Crippen molar-refractivity contribution in [3.05, 3.63) is 0 Å². The Bertz CT molecular complexity index is 849. The number of epoxide rings is 1. The molecule has 5 aliphatic carbocycles. The van der Waals surface area contributed by atoms with Crippen LogP contribution in [0.15, 0.2) is 0 Å². The molecule has 3 nitrogen and oxygen atoms in total. The Morgan fingerprint density at radius 3 is 1.82 bits per heavy atom. The van der Waals surface area contributed by atoms with E-state index >= 15 is 0 Å². The minimum Gasteiger partial charge on any atom is -0.396 e. The highest BCUT2D eigenvalue weighted by molar-refractivity contribution is 5.36. The first kappa shape index (κ1) is 23.3. The highest BCUT2D eigenvalue weighted by Gasteiger charge is 2.88. The van der Waals surface area contributed by atoms with Gasteiger partial charge in [0, 0.05) is 17.4 Å². The van der Waals surface area contributed by atoms with E-state index in [9.17, 15) is 10.2 Å². The molecule has 2 N–H and O–H groups in total. The summed E-state index contributed by atoms with van der Waals surface area (Å²) < 4.78 is 7.28. The Morgan fingerprint density at radius 2 is 1.18 bits per heavy atom. The predicted octanol–water partition coefficient (Wildman–Crippen LogP) is 6.35. The predicted molar refractivity (Wildman–Crippen MR) is 132 cm³/mol. The molecule has 0 amide bonds. The van der Waals surface area contributed by atoms with Crippen LogP contribution in [0.2, 0.25) is 0 Å². The molecule has 1 heterocycles. The van der Waals surface area contributed by atoms with E-state index in [1.54, 1.807) is 0 Å². The third-order valence-electron chi connectivity index (χ3n) is 14.4. The second-order valence-electron chi connectivity index (χ2n) is 15.5. The van der Waals surface area contributed by atoms with Crippen LogP contribution in [0, 0.1) is 50.7 Å². The van der Waals surface area contributed by atoms with Gasteiger partial charge in [0.25, 0.3) is 0 Å². The molecule has 10 atom stereocenters. The summed E-state index contributed by atoms with van der Waals surface area (Å²) in [5.41, 5.74) is 1.08. The number of fused-ring (bicyclic) bond motifs is 4. The fourth-order valence-corrected chi connectivity index (χ4v) is 12.5. The summed E-state index contributed by atoms with van der Waals surface area (Å²) in [4.78, 5) is 0. The van der Waals surface area contributed by atoms with Crippen LogP contribution in [0.1, 0.15) is 113 Å². The van der Waals surface area contributed by atoms with Crippen LogP contribution < -0.4 is 0 Å². The third kappa shape index (κ3) is 2.32. The molecule has 5 saturated carbocycles. The van der Waals surface area contributed by atoms with E-state index in [2.05, 4.69) is 48.5 Å². The SMILES string of the molecule is CC1(C)C2CC[C@]3(C)C(CC[C@]45O[C@@]43CC[C@H]3C(C)(C)[C@H](O)CC[C@@]35C)[C@@]2(C)CC[C@@H]1CO. The number of hydrogen-bond acceptors (Lipinski definition) is 3. The second-order valence-corrected chi connectivity index (χ2v) is 15.5. The van der Waals surface area contributed by atoms with Gasteiger partial charge in [0.2, 0.25) is 0 Å². The minimum absolute atomic E-state index is 0.0199. The van der Waals surface area contributed by atoms with Gasteiger partial charge in [0.1, 0.15) is 11.2 Å². The molecule has 0 aromatic carbocycles. The molecule has 188 valence electrons. The molecule has 2 unspecified atom stereocenters. The topological polar surface area (TPSA) is 53.0 Å². The van der Waals surface area contributed by atoms with Crippen molar-refractivity contribution < 1.29 is 14.9 Å². The molecule has 0 radical (unpaired) electrons. The van der Waals surface area contributed by atoms with Gasteiger partial charge in [-0.2, -0.15) is 0 Å². The van der Waals surface area contributed by atoms with Gasteiger partial charge in [-0.25, -0.2) is 0 Å². The van der Waals surface area contributed by atoms with Crippen molar-refractivity contribution in [2.45, 2.75) is 130 Å². The van der Waals surface area contributed by atoms with E-state index in [0.29, 0.717) is 29.8 Å². The molecule has 6 rings (SSSR count). The van der Waals surface area contributed by atoms with Crippen LogP contribution in [0.4, 0.5) is 0 Å². The van der Waals surface area contributed by atoms with Gasteiger partial charge >= 0.3 is 0 Å². The fraction of sp³-hybridized carbons (Fsp3) is 1.00. The summed E-state index contributed by atoms with van der Waals surface area (Å²) in [6.45, 7) is 17.7. The molecule has 6 aliphatic rings. The zero-order chi connectivity index (χ0) is 23.9. The molecule has 0 spiro atoms. The number of ether oxygens (including phenoxy) is 1. The van der Waals surface area contributed by atoms with Crippen molar-refractivity contribution >= 4 is 0 Å². The lowest BCUT2D eigenvalue weighted by atomic mass is 9.33. The van der Waals surface area contributed by atoms with Gasteiger partial charge < -0.3 is 14.9 Å². The van der Waals surface area contributed by atoms with Gasteiger partial charge in [-0.15, -0.1) is 0 Å². The maximum Gasteiger partial charge on any atom is 0.104 e. The average Bonchev–Trinajstić information content (AvgIpc) is 3.44. The van der Waals surface area contributed by atoms with Crippen LogP contribution >= 0.6 is 0 Å². The van der Waals surface area contributed by atoms with Gasteiger partial charge in [-0.3, -0.25) is 0 Å². The second kappa shape index (κ2) is 6.41. The Balaban J connectivity index is 1.39. The molecule has 0 bridgehead atoms.